The summed E-state index contributed by atoms with van der Waals surface area (Å²) in [6, 6.07) is 7.74. The zero-order chi connectivity index (χ0) is 14.9. The molecule has 5 heteroatoms. The topological polar surface area (TPSA) is 64.3 Å². The third kappa shape index (κ3) is 2.75. The van der Waals surface area contributed by atoms with Gasteiger partial charge in [-0.3, -0.25) is 4.79 Å². The van der Waals surface area contributed by atoms with Crippen LogP contribution in [0.3, 0.4) is 0 Å². The van der Waals surface area contributed by atoms with E-state index in [0.29, 0.717) is 24.0 Å². The van der Waals surface area contributed by atoms with E-state index in [1.807, 2.05) is 12.1 Å². The molecule has 3 atom stereocenters. The third-order valence-electron chi connectivity index (χ3n) is 5.08. The van der Waals surface area contributed by atoms with Gasteiger partial charge < -0.3 is 15.8 Å². The van der Waals surface area contributed by atoms with Crippen LogP contribution in [0.1, 0.15) is 42.1 Å². The van der Waals surface area contributed by atoms with Gasteiger partial charge in [-0.15, -0.1) is 12.4 Å². The number of amides is 1. The van der Waals surface area contributed by atoms with Crippen molar-refractivity contribution in [1.29, 1.82) is 0 Å². The van der Waals surface area contributed by atoms with Crippen LogP contribution in [-0.4, -0.2) is 25.6 Å². The molecule has 1 aromatic rings. The van der Waals surface area contributed by atoms with Crippen molar-refractivity contribution in [3.05, 3.63) is 35.4 Å². The average Bonchev–Trinajstić information content (AvgIpc) is 2.47. The van der Waals surface area contributed by atoms with Gasteiger partial charge in [-0.1, -0.05) is 18.6 Å². The Labute approximate surface area is 138 Å². The lowest BCUT2D eigenvalue weighted by molar-refractivity contribution is -0.161. The van der Waals surface area contributed by atoms with E-state index in [1.54, 1.807) is 6.07 Å². The van der Waals surface area contributed by atoms with Crippen molar-refractivity contribution in [1.82, 2.24) is 5.32 Å². The SMILES string of the molecule is CCOC1(c2cccc(C(N)=O)c2)[C@@H]2CCC[C@H]1CNC2.Cl. The molecule has 1 saturated carbocycles. The van der Waals surface area contributed by atoms with Crippen LogP contribution in [0.2, 0.25) is 0 Å². The molecule has 3 N–H and O–H groups in total. The average molecular weight is 325 g/mol. The lowest BCUT2D eigenvalue weighted by Crippen LogP contribution is -2.58. The van der Waals surface area contributed by atoms with Crippen molar-refractivity contribution in [2.75, 3.05) is 19.7 Å². The van der Waals surface area contributed by atoms with Gasteiger partial charge in [0.2, 0.25) is 5.91 Å². The Morgan fingerprint density at radius 1 is 1.36 bits per heavy atom. The normalized spacial score (nSPS) is 30.4. The second kappa shape index (κ2) is 6.99. The number of primary amides is 1. The van der Waals surface area contributed by atoms with Crippen molar-refractivity contribution in [3.8, 4) is 0 Å². The van der Waals surface area contributed by atoms with Gasteiger partial charge in [-0.05, 0) is 37.5 Å². The number of carbonyl (C=O) groups excluding carboxylic acids is 1. The first-order valence-electron chi connectivity index (χ1n) is 7.93. The fourth-order valence-electron chi connectivity index (χ4n) is 4.26. The lowest BCUT2D eigenvalue weighted by Gasteiger charge is -2.53. The predicted molar refractivity (Wildman–Crippen MR) is 89.2 cm³/mol. The molecule has 1 amide bonds. The molecule has 1 unspecified atom stereocenters. The molecule has 0 aromatic heterocycles. The highest BCUT2D eigenvalue weighted by atomic mass is 35.5. The predicted octanol–water partition coefficient (Wildman–Crippen LogP) is 2.46. The number of hydrogen-bond donors (Lipinski definition) is 2. The van der Waals surface area contributed by atoms with Crippen molar-refractivity contribution in [2.45, 2.75) is 31.8 Å². The van der Waals surface area contributed by atoms with Crippen LogP contribution in [0.15, 0.2) is 24.3 Å². The number of benzene rings is 1. The molecule has 2 aliphatic rings. The maximum Gasteiger partial charge on any atom is 0.248 e. The molecule has 1 saturated heterocycles. The van der Waals surface area contributed by atoms with Gasteiger partial charge in [0.25, 0.3) is 0 Å². The van der Waals surface area contributed by atoms with Crippen molar-refractivity contribution >= 4 is 18.3 Å². The maximum absolute atomic E-state index is 11.5. The van der Waals surface area contributed by atoms with Crippen LogP contribution >= 0.6 is 12.4 Å². The fraction of sp³-hybridized carbons (Fsp3) is 0.588. The van der Waals surface area contributed by atoms with Crippen LogP contribution in [0.25, 0.3) is 0 Å². The van der Waals surface area contributed by atoms with Crippen molar-refractivity contribution in [2.24, 2.45) is 17.6 Å². The number of ether oxygens (including phenoxy) is 1. The van der Waals surface area contributed by atoms with E-state index in [9.17, 15) is 4.79 Å². The van der Waals surface area contributed by atoms with Crippen LogP contribution in [0.5, 0.6) is 0 Å². The first-order valence-corrected chi connectivity index (χ1v) is 7.93. The van der Waals surface area contributed by atoms with Crippen LogP contribution < -0.4 is 11.1 Å². The summed E-state index contributed by atoms with van der Waals surface area (Å²) in [6.07, 6.45) is 3.61. The van der Waals surface area contributed by atoms with Gasteiger partial charge in [-0.25, -0.2) is 0 Å². The van der Waals surface area contributed by atoms with E-state index in [1.165, 1.54) is 19.3 Å². The van der Waals surface area contributed by atoms with Crippen LogP contribution in [0.4, 0.5) is 0 Å². The minimum Gasteiger partial charge on any atom is -0.370 e. The summed E-state index contributed by atoms with van der Waals surface area (Å²) >= 11 is 0. The van der Waals surface area contributed by atoms with Gasteiger partial charge in [0.05, 0.1) is 0 Å². The Bertz CT molecular complexity index is 513. The number of halogens is 1. The number of carbonyl (C=O) groups is 1. The number of fused-ring (bicyclic) bond motifs is 2. The minimum atomic E-state index is -0.373. The molecule has 0 radical (unpaired) electrons. The number of nitrogens with two attached hydrogens (primary N) is 1. The molecule has 1 aromatic carbocycles. The van der Waals surface area contributed by atoms with Gasteiger partial charge in [0.15, 0.2) is 0 Å². The molecule has 2 bridgehead atoms. The molecular formula is C17H25ClN2O2. The molecule has 1 aliphatic carbocycles. The second-order valence-electron chi connectivity index (χ2n) is 6.15. The second-order valence-corrected chi connectivity index (χ2v) is 6.15. The van der Waals surface area contributed by atoms with E-state index in [2.05, 4.69) is 18.3 Å². The van der Waals surface area contributed by atoms with Crippen LogP contribution in [-0.2, 0) is 10.3 Å². The molecule has 3 rings (SSSR count). The summed E-state index contributed by atoms with van der Waals surface area (Å²) in [5.74, 6) is 0.559. The van der Waals surface area contributed by atoms with E-state index in [-0.39, 0.29) is 23.9 Å². The molecule has 0 spiro atoms. The monoisotopic (exact) mass is 324 g/mol. The Hall–Kier alpha value is -1.10. The zero-order valence-electron chi connectivity index (χ0n) is 13.0. The number of rotatable bonds is 4. The Kier molecular flexibility index (Phi) is 5.48. The summed E-state index contributed by atoms with van der Waals surface area (Å²) in [6.45, 7) is 4.71. The summed E-state index contributed by atoms with van der Waals surface area (Å²) in [5, 5.41) is 3.54. The molecule has 2 fully saturated rings. The lowest BCUT2D eigenvalue weighted by atomic mass is 9.62. The smallest absolute Gasteiger partial charge is 0.248 e. The fourth-order valence-corrected chi connectivity index (χ4v) is 4.26. The summed E-state index contributed by atoms with van der Waals surface area (Å²) in [5.41, 5.74) is 6.89. The number of hydrogen-bond acceptors (Lipinski definition) is 3. The molecule has 22 heavy (non-hydrogen) atoms. The summed E-state index contributed by atoms with van der Waals surface area (Å²) in [7, 11) is 0. The van der Waals surface area contributed by atoms with Gasteiger partial charge >= 0.3 is 0 Å². The van der Waals surface area contributed by atoms with E-state index < -0.39 is 0 Å². The largest absolute Gasteiger partial charge is 0.370 e. The zero-order valence-corrected chi connectivity index (χ0v) is 13.8. The number of piperidine rings is 1. The third-order valence-corrected chi connectivity index (χ3v) is 5.08. The molecular weight excluding hydrogens is 300 g/mol. The number of nitrogens with one attached hydrogen (secondary N) is 1. The van der Waals surface area contributed by atoms with Crippen molar-refractivity contribution < 1.29 is 9.53 Å². The quantitative estimate of drug-likeness (QED) is 0.894. The Morgan fingerprint density at radius 3 is 2.64 bits per heavy atom. The highest BCUT2D eigenvalue weighted by molar-refractivity contribution is 5.92. The van der Waals surface area contributed by atoms with E-state index >= 15 is 0 Å². The van der Waals surface area contributed by atoms with Crippen molar-refractivity contribution in [3.63, 3.8) is 0 Å². The highest BCUT2D eigenvalue weighted by Gasteiger charge is 2.51. The van der Waals surface area contributed by atoms with Crippen LogP contribution in [0, 0.1) is 11.8 Å². The van der Waals surface area contributed by atoms with Gasteiger partial charge in [0, 0.05) is 37.1 Å². The Balaban J connectivity index is 0.00000176. The van der Waals surface area contributed by atoms with E-state index in [4.69, 9.17) is 10.5 Å². The maximum atomic E-state index is 11.5. The first-order chi connectivity index (χ1) is 10.2. The highest BCUT2D eigenvalue weighted by Crippen LogP contribution is 2.50. The van der Waals surface area contributed by atoms with E-state index in [0.717, 1.165) is 18.7 Å². The minimum absolute atomic E-state index is 0. The standard InChI is InChI=1S/C17H24N2O2.ClH/c1-2-21-17(13-6-3-5-12(9-13)16(18)20)14-7-4-8-15(17)11-19-10-14;/h3,5-6,9,14-15,19H,2,4,7-8,10-11H2,1H3,(H2,18,20);1H/t14-,15+,17?;. The molecule has 1 heterocycles. The first kappa shape index (κ1) is 17.3. The van der Waals surface area contributed by atoms with Gasteiger partial charge in [-0.2, -0.15) is 0 Å². The summed E-state index contributed by atoms with van der Waals surface area (Å²) < 4.78 is 6.37. The molecule has 4 nitrogen and oxygen atoms in total. The Morgan fingerprint density at radius 2 is 2.05 bits per heavy atom. The molecule has 1 aliphatic heterocycles. The molecule has 122 valence electrons. The van der Waals surface area contributed by atoms with Gasteiger partial charge in [0.1, 0.15) is 5.60 Å². The summed E-state index contributed by atoms with van der Waals surface area (Å²) in [4.78, 5) is 11.5.